The molecule has 0 saturated heterocycles. The molecule has 0 aliphatic heterocycles. The number of rotatable bonds is 3. The van der Waals surface area contributed by atoms with Crippen LogP contribution in [-0.4, -0.2) is 0 Å². The molecule has 0 unspecified atom stereocenters. The van der Waals surface area contributed by atoms with E-state index in [0.29, 0.717) is 0 Å². The summed E-state index contributed by atoms with van der Waals surface area (Å²) in [5.41, 5.74) is 4.91. The number of hydrogen-bond acceptors (Lipinski definition) is 0. The summed E-state index contributed by atoms with van der Waals surface area (Å²) in [5.74, 6) is 0. The van der Waals surface area contributed by atoms with Crippen molar-refractivity contribution in [2.45, 2.75) is 46.5 Å². The summed E-state index contributed by atoms with van der Waals surface area (Å²) >= 11 is 1.61. The first-order chi connectivity index (χ1) is 5.66. The van der Waals surface area contributed by atoms with Crippen molar-refractivity contribution in [1.82, 2.24) is 0 Å². The maximum Gasteiger partial charge on any atom is -1.00 e. The van der Waals surface area contributed by atoms with Crippen LogP contribution in [-0.2, 0) is 24.7 Å². The van der Waals surface area contributed by atoms with Crippen molar-refractivity contribution < 1.29 is 49.5 Å². The van der Waals surface area contributed by atoms with Crippen LogP contribution in [0, 0.1) is 0 Å². The predicted molar refractivity (Wildman–Crippen MR) is 49.5 cm³/mol. The monoisotopic (exact) mass is 309 g/mol. The molecule has 1 rings (SSSR count). The van der Waals surface area contributed by atoms with E-state index in [1.54, 1.807) is 44.7 Å². The van der Waals surface area contributed by atoms with Gasteiger partial charge in [-0.1, -0.05) is 0 Å². The van der Waals surface area contributed by atoms with E-state index in [-0.39, 0.29) is 24.8 Å². The maximum absolute atomic E-state index is 2.28. The second kappa shape index (κ2) is 8.14. The van der Waals surface area contributed by atoms with Gasteiger partial charge in [-0.2, -0.15) is 0 Å². The molecule has 0 N–H and O–H groups in total. The van der Waals surface area contributed by atoms with Crippen LogP contribution in [0.1, 0.15) is 46.5 Å². The van der Waals surface area contributed by atoms with Crippen molar-refractivity contribution >= 4 is 0 Å². The standard InChI is InChI=1S/C11H17.2ClH.Zr/c1-4-5-6-11-7-9(2)10(3)8-11;;;/h4-7H2,1-3H3;2*1H;/q;;;+2/p-2. The van der Waals surface area contributed by atoms with E-state index in [1.165, 1.54) is 25.7 Å². The first kappa shape index (κ1) is 17.3. The molecule has 0 bridgehead atoms. The summed E-state index contributed by atoms with van der Waals surface area (Å²) in [4.78, 5) is 0. The Hall–Kier alpha value is 0.943. The van der Waals surface area contributed by atoms with E-state index in [9.17, 15) is 0 Å². The number of hydrogen-bond donors (Lipinski definition) is 0. The van der Waals surface area contributed by atoms with Crippen LogP contribution in [0.2, 0.25) is 0 Å². The summed E-state index contributed by atoms with van der Waals surface area (Å²) in [5, 5.41) is 0. The number of unbranched alkanes of at least 4 members (excludes halogenated alkanes) is 1. The Morgan fingerprint density at radius 1 is 1.21 bits per heavy atom. The number of allylic oxidation sites excluding steroid dienone is 4. The summed E-state index contributed by atoms with van der Waals surface area (Å²) in [7, 11) is 0. The third-order valence-corrected chi connectivity index (χ3v) is 4.47. The van der Waals surface area contributed by atoms with Crippen molar-refractivity contribution in [2.24, 2.45) is 0 Å². The Kier molecular flexibility index (Phi) is 10.1. The van der Waals surface area contributed by atoms with Crippen LogP contribution < -0.4 is 24.8 Å². The Labute approximate surface area is 115 Å². The second-order valence-corrected chi connectivity index (χ2v) is 4.89. The average Bonchev–Trinajstić information content (AvgIpc) is 2.30. The summed E-state index contributed by atoms with van der Waals surface area (Å²) in [6.07, 6.45) is 5.30. The molecule has 0 radical (unpaired) electrons. The summed E-state index contributed by atoms with van der Waals surface area (Å²) < 4.78 is 1.66. The largest absolute Gasteiger partial charge is 1.00 e. The van der Waals surface area contributed by atoms with Crippen LogP contribution >= 0.6 is 0 Å². The van der Waals surface area contributed by atoms with Crippen molar-refractivity contribution in [1.29, 1.82) is 0 Å². The molecule has 0 fully saturated rings. The van der Waals surface area contributed by atoms with Gasteiger partial charge >= 0.3 is 91.2 Å². The van der Waals surface area contributed by atoms with Crippen LogP contribution in [0.25, 0.3) is 0 Å². The normalized spacial score (nSPS) is 15.5. The SMILES string of the molecule is CCCCC1=[C]([Zr+2])C(C)=C(C)C1.[Cl-].[Cl-]. The zero-order chi connectivity index (χ0) is 9.14. The zero-order valence-corrected chi connectivity index (χ0v) is 13.1. The molecule has 3 heteroatoms. The number of halogens is 2. The Balaban J connectivity index is 0. The Morgan fingerprint density at radius 2 is 1.79 bits per heavy atom. The average molecular weight is 311 g/mol. The fraction of sp³-hybridized carbons (Fsp3) is 0.636. The van der Waals surface area contributed by atoms with Gasteiger partial charge in [-0.3, -0.25) is 0 Å². The third-order valence-electron chi connectivity index (χ3n) is 2.68. The molecule has 1 aliphatic rings. The quantitative estimate of drug-likeness (QED) is 0.551. The minimum Gasteiger partial charge on any atom is -1.00 e. The van der Waals surface area contributed by atoms with E-state index in [1.807, 2.05) is 0 Å². The molecular formula is C11H17Cl2Zr. The molecule has 79 valence electrons. The molecule has 0 spiro atoms. The van der Waals surface area contributed by atoms with Crippen molar-refractivity contribution in [2.75, 3.05) is 0 Å². The van der Waals surface area contributed by atoms with E-state index in [2.05, 4.69) is 20.8 Å². The molecule has 1 aliphatic carbocycles. The van der Waals surface area contributed by atoms with Crippen LogP contribution in [0.3, 0.4) is 0 Å². The molecule has 0 nitrogen and oxygen atoms in total. The van der Waals surface area contributed by atoms with E-state index < -0.39 is 0 Å². The molecule has 0 heterocycles. The minimum absolute atomic E-state index is 0. The third kappa shape index (κ3) is 4.21. The van der Waals surface area contributed by atoms with Crippen LogP contribution in [0.15, 0.2) is 20.0 Å². The first-order valence-corrected chi connectivity index (χ1v) is 6.00. The fourth-order valence-electron chi connectivity index (χ4n) is 1.62. The van der Waals surface area contributed by atoms with Gasteiger partial charge in [0.05, 0.1) is 0 Å². The van der Waals surface area contributed by atoms with Gasteiger partial charge in [-0.05, 0) is 0 Å². The van der Waals surface area contributed by atoms with E-state index in [4.69, 9.17) is 0 Å². The Bertz CT molecular complexity index is 242. The molecule has 0 amide bonds. The first-order valence-electron chi connectivity index (χ1n) is 4.77. The molecule has 0 saturated carbocycles. The molecule has 0 atom stereocenters. The topological polar surface area (TPSA) is 0 Å². The van der Waals surface area contributed by atoms with Crippen molar-refractivity contribution in [3.63, 3.8) is 0 Å². The smallest absolute Gasteiger partial charge is 1.00 e. The minimum atomic E-state index is 0. The Morgan fingerprint density at radius 3 is 2.14 bits per heavy atom. The molecular weight excluding hydrogens is 294 g/mol. The van der Waals surface area contributed by atoms with Gasteiger partial charge in [0.15, 0.2) is 0 Å². The summed E-state index contributed by atoms with van der Waals surface area (Å²) in [6, 6.07) is 0. The van der Waals surface area contributed by atoms with Crippen molar-refractivity contribution in [3.8, 4) is 0 Å². The van der Waals surface area contributed by atoms with Gasteiger partial charge in [0.2, 0.25) is 0 Å². The van der Waals surface area contributed by atoms with Gasteiger partial charge < -0.3 is 24.8 Å². The van der Waals surface area contributed by atoms with Gasteiger partial charge in [0.25, 0.3) is 0 Å². The van der Waals surface area contributed by atoms with Gasteiger partial charge in [-0.25, -0.2) is 0 Å². The van der Waals surface area contributed by atoms with Crippen LogP contribution in [0.4, 0.5) is 0 Å². The van der Waals surface area contributed by atoms with Gasteiger partial charge in [0, 0.05) is 0 Å². The second-order valence-electron chi connectivity index (χ2n) is 3.66. The van der Waals surface area contributed by atoms with Crippen molar-refractivity contribution in [3.05, 3.63) is 20.0 Å². The molecule has 0 aromatic carbocycles. The van der Waals surface area contributed by atoms with E-state index in [0.717, 1.165) is 0 Å². The molecule has 0 aromatic heterocycles. The zero-order valence-electron chi connectivity index (χ0n) is 9.08. The predicted octanol–water partition coefficient (Wildman–Crippen LogP) is -2.27. The van der Waals surface area contributed by atoms with Gasteiger partial charge in [-0.15, -0.1) is 0 Å². The maximum atomic E-state index is 2.28. The van der Waals surface area contributed by atoms with Crippen LogP contribution in [0.5, 0.6) is 0 Å². The summed E-state index contributed by atoms with van der Waals surface area (Å²) in [6.45, 7) is 6.82. The molecule has 14 heavy (non-hydrogen) atoms. The van der Waals surface area contributed by atoms with Gasteiger partial charge in [0.1, 0.15) is 0 Å². The van der Waals surface area contributed by atoms with E-state index >= 15 is 0 Å². The fourth-order valence-corrected chi connectivity index (χ4v) is 2.67. The molecule has 0 aromatic rings.